The molecule has 5 heteroatoms. The zero-order valence-electron chi connectivity index (χ0n) is 13.5. The molecule has 0 bridgehead atoms. The molecule has 1 atom stereocenters. The Morgan fingerprint density at radius 3 is 2.67 bits per heavy atom. The molecule has 4 nitrogen and oxygen atoms in total. The summed E-state index contributed by atoms with van der Waals surface area (Å²) in [6.45, 7) is 6.49. The third-order valence-corrected chi connectivity index (χ3v) is 4.75. The van der Waals surface area contributed by atoms with Gasteiger partial charge in [0.15, 0.2) is 5.96 Å². The van der Waals surface area contributed by atoms with Gasteiger partial charge in [0.1, 0.15) is 0 Å². The molecule has 1 saturated carbocycles. The van der Waals surface area contributed by atoms with Gasteiger partial charge in [-0.25, -0.2) is 0 Å². The molecular weight excluding hydrogens is 375 g/mol. The van der Waals surface area contributed by atoms with Crippen LogP contribution in [0.15, 0.2) is 4.99 Å². The number of halogens is 1. The summed E-state index contributed by atoms with van der Waals surface area (Å²) in [6, 6.07) is 0.624. The molecular formula is C16H33IN4. The Balaban J connectivity index is 0.00000220. The number of nitrogens with zero attached hydrogens (tertiary/aromatic N) is 2. The van der Waals surface area contributed by atoms with Crippen LogP contribution < -0.4 is 11.1 Å². The summed E-state index contributed by atoms with van der Waals surface area (Å²) < 4.78 is 0. The van der Waals surface area contributed by atoms with Crippen molar-refractivity contribution in [3.63, 3.8) is 0 Å². The minimum Gasteiger partial charge on any atom is -0.370 e. The van der Waals surface area contributed by atoms with E-state index < -0.39 is 0 Å². The SMILES string of the molecule is CCCNC(N)=NCC1CCCN1CC1CCCCC1.I. The van der Waals surface area contributed by atoms with Crippen LogP contribution in [0.2, 0.25) is 0 Å². The van der Waals surface area contributed by atoms with E-state index in [1.807, 2.05) is 0 Å². The van der Waals surface area contributed by atoms with Gasteiger partial charge in [0.25, 0.3) is 0 Å². The molecule has 2 aliphatic rings. The van der Waals surface area contributed by atoms with Gasteiger partial charge in [-0.1, -0.05) is 26.2 Å². The Kier molecular flexibility index (Phi) is 9.64. The fourth-order valence-electron chi connectivity index (χ4n) is 3.56. The van der Waals surface area contributed by atoms with Gasteiger partial charge in [-0.15, -0.1) is 24.0 Å². The minimum absolute atomic E-state index is 0. The van der Waals surface area contributed by atoms with Crippen LogP contribution in [0.25, 0.3) is 0 Å². The van der Waals surface area contributed by atoms with Crippen LogP contribution in [0.5, 0.6) is 0 Å². The van der Waals surface area contributed by atoms with E-state index in [1.165, 1.54) is 58.0 Å². The van der Waals surface area contributed by atoms with E-state index in [0.29, 0.717) is 12.0 Å². The van der Waals surface area contributed by atoms with Gasteiger partial charge in [-0.05, 0) is 44.6 Å². The van der Waals surface area contributed by atoms with Gasteiger partial charge in [0, 0.05) is 19.1 Å². The van der Waals surface area contributed by atoms with Gasteiger partial charge in [0.05, 0.1) is 6.54 Å². The molecule has 3 N–H and O–H groups in total. The molecule has 0 aromatic carbocycles. The number of nitrogens with one attached hydrogen (secondary N) is 1. The monoisotopic (exact) mass is 408 g/mol. The molecule has 1 aliphatic heterocycles. The summed E-state index contributed by atoms with van der Waals surface area (Å²) in [7, 11) is 0. The minimum atomic E-state index is 0. The molecule has 0 aromatic heterocycles. The second-order valence-corrected chi connectivity index (χ2v) is 6.45. The fourth-order valence-corrected chi connectivity index (χ4v) is 3.56. The van der Waals surface area contributed by atoms with Gasteiger partial charge < -0.3 is 11.1 Å². The van der Waals surface area contributed by atoms with Gasteiger partial charge in [-0.2, -0.15) is 0 Å². The molecule has 1 unspecified atom stereocenters. The Hall–Kier alpha value is -0.0400. The van der Waals surface area contributed by atoms with Crippen molar-refractivity contribution in [3.8, 4) is 0 Å². The molecule has 0 amide bonds. The lowest BCUT2D eigenvalue weighted by Crippen LogP contribution is -2.38. The summed E-state index contributed by atoms with van der Waals surface area (Å²) in [5.41, 5.74) is 5.89. The first-order chi connectivity index (χ1) is 9.79. The number of nitrogens with two attached hydrogens (primary N) is 1. The maximum Gasteiger partial charge on any atom is 0.188 e. The fraction of sp³-hybridized carbons (Fsp3) is 0.938. The summed E-state index contributed by atoms with van der Waals surface area (Å²) >= 11 is 0. The van der Waals surface area contributed by atoms with Crippen molar-refractivity contribution in [3.05, 3.63) is 0 Å². The zero-order chi connectivity index (χ0) is 14.2. The normalized spacial score (nSPS) is 24.8. The highest BCUT2D eigenvalue weighted by molar-refractivity contribution is 14.0. The first kappa shape index (κ1) is 19.0. The van der Waals surface area contributed by atoms with Crippen LogP contribution >= 0.6 is 24.0 Å². The van der Waals surface area contributed by atoms with Crippen molar-refractivity contribution < 1.29 is 0 Å². The summed E-state index contributed by atoms with van der Waals surface area (Å²) in [5, 5.41) is 3.16. The number of hydrogen-bond acceptors (Lipinski definition) is 2. The third kappa shape index (κ3) is 6.72. The Bertz CT molecular complexity index is 303. The van der Waals surface area contributed by atoms with E-state index in [2.05, 4.69) is 22.1 Å². The maximum absolute atomic E-state index is 5.89. The molecule has 0 spiro atoms. The molecule has 1 saturated heterocycles. The molecule has 124 valence electrons. The summed E-state index contributed by atoms with van der Waals surface area (Å²) in [5.74, 6) is 1.56. The number of hydrogen-bond donors (Lipinski definition) is 2. The number of aliphatic imine (C=N–C) groups is 1. The summed E-state index contributed by atoms with van der Waals surface area (Å²) in [4.78, 5) is 7.20. The summed E-state index contributed by atoms with van der Waals surface area (Å²) in [6.07, 6.45) is 10.9. The molecule has 2 rings (SSSR count). The molecule has 0 radical (unpaired) electrons. The largest absolute Gasteiger partial charge is 0.370 e. The van der Waals surface area contributed by atoms with E-state index in [1.54, 1.807) is 0 Å². The van der Waals surface area contributed by atoms with E-state index >= 15 is 0 Å². The first-order valence-electron chi connectivity index (χ1n) is 8.57. The van der Waals surface area contributed by atoms with Crippen LogP contribution in [-0.2, 0) is 0 Å². The van der Waals surface area contributed by atoms with Crippen LogP contribution in [-0.4, -0.2) is 43.1 Å². The number of guanidine groups is 1. The average Bonchev–Trinajstić information content (AvgIpc) is 2.91. The smallest absolute Gasteiger partial charge is 0.188 e. The van der Waals surface area contributed by atoms with E-state index in [9.17, 15) is 0 Å². The lowest BCUT2D eigenvalue weighted by Gasteiger charge is -2.30. The van der Waals surface area contributed by atoms with Crippen molar-refractivity contribution in [1.82, 2.24) is 10.2 Å². The van der Waals surface area contributed by atoms with Crippen molar-refractivity contribution in [2.45, 2.75) is 64.3 Å². The quantitative estimate of drug-likeness (QED) is 0.404. The second kappa shape index (κ2) is 10.6. The topological polar surface area (TPSA) is 53.6 Å². The third-order valence-electron chi connectivity index (χ3n) is 4.75. The average molecular weight is 408 g/mol. The first-order valence-corrected chi connectivity index (χ1v) is 8.57. The highest BCUT2D eigenvalue weighted by Crippen LogP contribution is 2.27. The van der Waals surface area contributed by atoms with E-state index in [0.717, 1.165) is 25.4 Å². The van der Waals surface area contributed by atoms with E-state index in [4.69, 9.17) is 5.73 Å². The second-order valence-electron chi connectivity index (χ2n) is 6.45. The molecule has 21 heavy (non-hydrogen) atoms. The molecule has 0 aromatic rings. The molecule has 1 aliphatic carbocycles. The molecule has 2 fully saturated rings. The van der Waals surface area contributed by atoms with Crippen LogP contribution in [0.3, 0.4) is 0 Å². The predicted octanol–water partition coefficient (Wildman–Crippen LogP) is 2.96. The van der Waals surface area contributed by atoms with E-state index in [-0.39, 0.29) is 24.0 Å². The van der Waals surface area contributed by atoms with Gasteiger partial charge in [-0.3, -0.25) is 9.89 Å². The lowest BCUT2D eigenvalue weighted by atomic mass is 9.89. The van der Waals surface area contributed by atoms with Gasteiger partial charge >= 0.3 is 0 Å². The van der Waals surface area contributed by atoms with Crippen LogP contribution in [0.4, 0.5) is 0 Å². The Morgan fingerprint density at radius 2 is 1.95 bits per heavy atom. The van der Waals surface area contributed by atoms with Gasteiger partial charge in [0.2, 0.25) is 0 Å². The van der Waals surface area contributed by atoms with Crippen molar-refractivity contribution >= 4 is 29.9 Å². The Morgan fingerprint density at radius 1 is 1.19 bits per heavy atom. The molecule has 1 heterocycles. The highest BCUT2D eigenvalue weighted by atomic mass is 127. The van der Waals surface area contributed by atoms with Crippen LogP contribution in [0, 0.1) is 5.92 Å². The number of likely N-dealkylation sites (tertiary alicyclic amines) is 1. The lowest BCUT2D eigenvalue weighted by molar-refractivity contribution is 0.191. The Labute approximate surface area is 147 Å². The van der Waals surface area contributed by atoms with Crippen molar-refractivity contribution in [2.24, 2.45) is 16.6 Å². The van der Waals surface area contributed by atoms with Crippen molar-refractivity contribution in [2.75, 3.05) is 26.2 Å². The standard InChI is InChI=1S/C16H32N4.HI/c1-2-10-18-16(17)19-12-15-9-6-11-20(15)13-14-7-4-3-5-8-14;/h14-15H,2-13H2,1H3,(H3,17,18,19);1H. The van der Waals surface area contributed by atoms with Crippen LogP contribution in [0.1, 0.15) is 58.3 Å². The zero-order valence-corrected chi connectivity index (χ0v) is 15.9. The highest BCUT2D eigenvalue weighted by Gasteiger charge is 2.27. The number of rotatable bonds is 6. The van der Waals surface area contributed by atoms with Crippen molar-refractivity contribution in [1.29, 1.82) is 0 Å². The maximum atomic E-state index is 5.89. The predicted molar refractivity (Wildman–Crippen MR) is 101 cm³/mol.